The zero-order valence-electron chi connectivity index (χ0n) is 23.7. The van der Waals surface area contributed by atoms with Crippen molar-refractivity contribution in [1.29, 1.82) is 0 Å². The number of aromatic nitrogens is 3. The minimum absolute atomic E-state index is 0.337. The van der Waals surface area contributed by atoms with Crippen molar-refractivity contribution in [2.45, 2.75) is 13.0 Å². The van der Waals surface area contributed by atoms with E-state index in [0.717, 1.165) is 39.6 Å². The molecule has 2 aliphatic rings. The second-order valence-electron chi connectivity index (χ2n) is 10.0. The normalized spacial score (nSPS) is 15.0. The van der Waals surface area contributed by atoms with Gasteiger partial charge in [0.25, 0.3) is 0 Å². The number of rotatable bonds is 5. The smallest absolute Gasteiger partial charge is 0.337 e. The second-order valence-corrected chi connectivity index (χ2v) is 10.0. The zero-order chi connectivity index (χ0) is 29.5. The molecule has 10 nitrogen and oxygen atoms in total. The van der Waals surface area contributed by atoms with Gasteiger partial charge in [0.15, 0.2) is 23.3 Å². The van der Waals surface area contributed by atoms with Gasteiger partial charge in [-0.15, -0.1) is 0 Å². The third-order valence-electron chi connectivity index (χ3n) is 7.50. The summed E-state index contributed by atoms with van der Waals surface area (Å²) in [6.07, 6.45) is 1.74. The molecule has 0 radical (unpaired) electrons. The van der Waals surface area contributed by atoms with Gasteiger partial charge in [-0.2, -0.15) is 9.78 Å². The molecule has 2 aromatic heterocycles. The number of aliphatic imine (C=N–C) groups is 2. The zero-order valence-corrected chi connectivity index (χ0v) is 23.7. The number of hydrogen-bond donors (Lipinski definition) is 1. The average Bonchev–Trinajstić information content (AvgIpc) is 3.40. The number of aryl methyl sites for hydroxylation is 1. The molecule has 0 saturated carbocycles. The molecule has 1 unspecified atom stereocenters. The van der Waals surface area contributed by atoms with Crippen LogP contribution in [0.4, 0.5) is 22.9 Å². The van der Waals surface area contributed by atoms with Crippen LogP contribution < -0.4 is 15.0 Å². The number of hydrogen-bond acceptors (Lipinski definition) is 9. The molecule has 4 heterocycles. The van der Waals surface area contributed by atoms with Crippen molar-refractivity contribution < 1.29 is 14.3 Å². The second kappa shape index (κ2) is 10.6. The first kappa shape index (κ1) is 26.1. The van der Waals surface area contributed by atoms with Crippen molar-refractivity contribution in [3.63, 3.8) is 0 Å². The number of fused-ring (bicyclic) bond motifs is 4. The highest BCUT2D eigenvalue weighted by atomic mass is 16.5. The predicted molar refractivity (Wildman–Crippen MR) is 165 cm³/mol. The number of carbonyl (C=O) groups excluding carboxylic acids is 1. The van der Waals surface area contributed by atoms with Crippen molar-refractivity contribution in [1.82, 2.24) is 14.8 Å². The summed E-state index contributed by atoms with van der Waals surface area (Å²) in [6.45, 7) is 1.98. The Labute approximate surface area is 248 Å². The third-order valence-corrected chi connectivity index (χ3v) is 7.50. The predicted octanol–water partition coefficient (Wildman–Crippen LogP) is 6.17. The van der Waals surface area contributed by atoms with Gasteiger partial charge < -0.3 is 19.7 Å². The number of nitrogens with zero attached hydrogens (tertiary/aromatic N) is 6. The Balaban J connectivity index is 1.45. The molecular formula is C33H27N7O3. The Morgan fingerprint density at radius 3 is 2.37 bits per heavy atom. The molecule has 7 rings (SSSR count). The van der Waals surface area contributed by atoms with E-state index in [4.69, 9.17) is 24.6 Å². The number of carbonyl (C=O) groups is 1. The number of amidine groups is 2. The van der Waals surface area contributed by atoms with E-state index < -0.39 is 5.97 Å². The van der Waals surface area contributed by atoms with Crippen LogP contribution in [0.15, 0.2) is 107 Å². The van der Waals surface area contributed by atoms with Gasteiger partial charge in [-0.25, -0.2) is 19.8 Å². The summed E-state index contributed by atoms with van der Waals surface area (Å²) in [5, 5.41) is 8.40. The van der Waals surface area contributed by atoms with E-state index in [9.17, 15) is 4.79 Å². The van der Waals surface area contributed by atoms with Gasteiger partial charge in [0.05, 0.1) is 42.9 Å². The number of methoxy groups -OCH3 is 2. The van der Waals surface area contributed by atoms with E-state index in [2.05, 4.69) is 15.2 Å². The molecule has 43 heavy (non-hydrogen) atoms. The molecule has 0 amide bonds. The Kier molecular flexibility index (Phi) is 6.43. The Morgan fingerprint density at radius 2 is 1.65 bits per heavy atom. The van der Waals surface area contributed by atoms with Crippen molar-refractivity contribution in [2.75, 3.05) is 24.4 Å². The first-order chi connectivity index (χ1) is 21.1. The maximum absolute atomic E-state index is 12.3. The molecule has 0 spiro atoms. The quantitative estimate of drug-likeness (QED) is 0.253. The summed E-state index contributed by atoms with van der Waals surface area (Å²) in [7, 11) is 3.02. The van der Waals surface area contributed by atoms with Gasteiger partial charge in [0.2, 0.25) is 0 Å². The van der Waals surface area contributed by atoms with E-state index in [1.54, 1.807) is 30.1 Å². The van der Waals surface area contributed by atoms with Gasteiger partial charge in [-0.1, -0.05) is 30.3 Å². The van der Waals surface area contributed by atoms with Crippen LogP contribution in [-0.2, 0) is 4.74 Å². The summed E-state index contributed by atoms with van der Waals surface area (Å²) in [6, 6.07) is 28.5. The van der Waals surface area contributed by atoms with Crippen LogP contribution in [0.3, 0.4) is 0 Å². The molecule has 3 aromatic carbocycles. The Bertz CT molecular complexity index is 1900. The van der Waals surface area contributed by atoms with Crippen molar-refractivity contribution in [2.24, 2.45) is 9.98 Å². The average molecular weight is 570 g/mol. The summed E-state index contributed by atoms with van der Waals surface area (Å²) in [4.78, 5) is 29.2. The lowest BCUT2D eigenvalue weighted by atomic mass is 9.92. The summed E-state index contributed by atoms with van der Waals surface area (Å²) >= 11 is 0. The molecule has 1 N–H and O–H groups in total. The van der Waals surface area contributed by atoms with E-state index in [0.29, 0.717) is 28.9 Å². The van der Waals surface area contributed by atoms with E-state index in [-0.39, 0.29) is 6.04 Å². The molecule has 0 aliphatic carbocycles. The Hall–Kier alpha value is -5.77. The molecule has 0 bridgehead atoms. The first-order valence-corrected chi connectivity index (χ1v) is 13.7. The number of benzene rings is 3. The number of para-hydroxylation sites is 2. The molecular weight excluding hydrogens is 542 g/mol. The highest BCUT2D eigenvalue weighted by Gasteiger charge is 2.41. The number of anilines is 2. The van der Waals surface area contributed by atoms with Gasteiger partial charge in [0, 0.05) is 17.4 Å². The fourth-order valence-corrected chi connectivity index (χ4v) is 5.48. The largest absolute Gasteiger partial charge is 0.497 e. The van der Waals surface area contributed by atoms with E-state index >= 15 is 0 Å². The topological polar surface area (TPSA) is 106 Å². The maximum Gasteiger partial charge on any atom is 0.337 e. The monoisotopic (exact) mass is 569 g/mol. The number of nitrogens with one attached hydrogen (secondary N) is 1. The summed E-state index contributed by atoms with van der Waals surface area (Å²) in [5.41, 5.74) is 5.70. The fraction of sp³-hybridized carbons (Fsp3) is 0.121. The number of pyridine rings is 1. The maximum atomic E-state index is 12.3. The van der Waals surface area contributed by atoms with Crippen LogP contribution in [0.5, 0.6) is 5.75 Å². The molecule has 1 atom stereocenters. The highest BCUT2D eigenvalue weighted by Crippen LogP contribution is 2.48. The summed E-state index contributed by atoms with van der Waals surface area (Å²) in [5.74, 6) is 2.89. The summed E-state index contributed by atoms with van der Waals surface area (Å²) < 4.78 is 12.1. The van der Waals surface area contributed by atoms with Crippen LogP contribution in [0.25, 0.3) is 5.82 Å². The van der Waals surface area contributed by atoms with Crippen molar-refractivity contribution in [3.8, 4) is 11.6 Å². The Morgan fingerprint density at radius 1 is 0.884 bits per heavy atom. The SMILES string of the molecule is COC(=O)c1ccc(C2c3c(C)nn(-c4ccccn4)c3N=C3C(Nc4ccc(OC)cc4)=Nc4ccccc4N32)cc1. The van der Waals surface area contributed by atoms with E-state index in [1.807, 2.05) is 85.8 Å². The molecule has 2 aliphatic heterocycles. The van der Waals surface area contributed by atoms with Gasteiger partial charge in [-0.05, 0) is 73.2 Å². The van der Waals surface area contributed by atoms with Crippen LogP contribution in [0.1, 0.15) is 33.2 Å². The lowest BCUT2D eigenvalue weighted by molar-refractivity contribution is 0.0600. The first-order valence-electron chi connectivity index (χ1n) is 13.7. The van der Waals surface area contributed by atoms with Gasteiger partial charge in [0.1, 0.15) is 5.75 Å². The van der Waals surface area contributed by atoms with Crippen molar-refractivity contribution >= 4 is 40.5 Å². The standard InChI is InChI=1S/C33H27N7O3/c1-20-28-29(21-11-13-22(14-12-21)33(41)43-3)39-26-9-5-4-8-25(26)36-30(35-23-15-17-24(42-2)18-16-23)32(39)37-31(28)40(38-20)27-10-6-7-19-34-27/h4-19,29H,1-3H3,(H,35,36). The van der Waals surface area contributed by atoms with Gasteiger partial charge >= 0.3 is 5.97 Å². The van der Waals surface area contributed by atoms with Crippen LogP contribution in [0.2, 0.25) is 0 Å². The molecule has 5 aromatic rings. The van der Waals surface area contributed by atoms with Crippen LogP contribution in [0, 0.1) is 6.92 Å². The van der Waals surface area contributed by atoms with Crippen LogP contribution in [-0.4, -0.2) is 46.6 Å². The minimum Gasteiger partial charge on any atom is -0.497 e. The molecule has 10 heteroatoms. The van der Waals surface area contributed by atoms with Crippen molar-refractivity contribution in [3.05, 3.63) is 120 Å². The fourth-order valence-electron chi connectivity index (χ4n) is 5.48. The minimum atomic E-state index is -0.390. The third kappa shape index (κ3) is 4.49. The number of ether oxygens (including phenoxy) is 2. The number of esters is 1. The highest BCUT2D eigenvalue weighted by molar-refractivity contribution is 6.51. The van der Waals surface area contributed by atoms with E-state index in [1.165, 1.54) is 7.11 Å². The lowest BCUT2D eigenvalue weighted by Gasteiger charge is -2.40. The van der Waals surface area contributed by atoms with Gasteiger partial charge in [-0.3, -0.25) is 0 Å². The molecule has 0 saturated heterocycles. The van der Waals surface area contributed by atoms with Crippen LogP contribution >= 0.6 is 0 Å². The lowest BCUT2D eigenvalue weighted by Crippen LogP contribution is -2.46. The molecule has 0 fully saturated rings. The molecule has 212 valence electrons.